The zero-order valence-electron chi connectivity index (χ0n) is 16.8. The number of hydrogen-bond donors (Lipinski definition) is 1. The molecule has 0 spiro atoms. The van der Waals surface area contributed by atoms with Gasteiger partial charge < -0.3 is 15.0 Å². The van der Waals surface area contributed by atoms with E-state index in [1.165, 1.54) is 0 Å². The van der Waals surface area contributed by atoms with Crippen molar-refractivity contribution in [1.82, 2.24) is 10.2 Å². The summed E-state index contributed by atoms with van der Waals surface area (Å²) in [6.45, 7) is 8.30. The molecule has 150 valence electrons. The fourth-order valence-electron chi connectivity index (χ4n) is 2.81. The molecule has 0 saturated heterocycles. The zero-order valence-corrected chi connectivity index (χ0v) is 18.4. The summed E-state index contributed by atoms with van der Waals surface area (Å²) in [5.74, 6) is 0.210. The lowest BCUT2D eigenvalue weighted by atomic mass is 10.1. The summed E-state index contributed by atoms with van der Waals surface area (Å²) in [4.78, 5) is 26.9. The molecule has 0 aromatic heterocycles. The maximum atomic E-state index is 12.9. The van der Waals surface area contributed by atoms with Crippen LogP contribution in [0.1, 0.15) is 30.5 Å². The highest BCUT2D eigenvalue weighted by Gasteiger charge is 2.26. The third kappa shape index (κ3) is 5.83. The minimum absolute atomic E-state index is 0.128. The van der Waals surface area contributed by atoms with Crippen molar-refractivity contribution in [2.24, 2.45) is 0 Å². The van der Waals surface area contributed by atoms with Gasteiger partial charge in [0.05, 0.1) is 0 Å². The molecule has 0 aliphatic heterocycles. The standard InChI is InChI=1S/C22H27BrN2O3/c1-5-24-22(27)17(4)25(13-18-9-7-6-8-15(18)2)21(26)14-28-19-10-11-20(23)16(3)12-19/h6-12,17H,5,13-14H2,1-4H3,(H,24,27). The number of nitrogens with one attached hydrogen (secondary N) is 1. The molecular formula is C22H27BrN2O3. The van der Waals surface area contributed by atoms with E-state index in [-0.39, 0.29) is 18.4 Å². The smallest absolute Gasteiger partial charge is 0.261 e. The molecule has 0 bridgehead atoms. The van der Waals surface area contributed by atoms with E-state index in [4.69, 9.17) is 4.74 Å². The van der Waals surface area contributed by atoms with Crippen LogP contribution in [-0.2, 0) is 16.1 Å². The van der Waals surface area contributed by atoms with Crippen LogP contribution in [-0.4, -0.2) is 35.9 Å². The van der Waals surface area contributed by atoms with Gasteiger partial charge in [-0.05, 0) is 62.6 Å². The molecule has 6 heteroatoms. The van der Waals surface area contributed by atoms with Crippen molar-refractivity contribution < 1.29 is 14.3 Å². The second kappa shape index (κ2) is 10.3. The van der Waals surface area contributed by atoms with E-state index in [0.717, 1.165) is 21.2 Å². The minimum Gasteiger partial charge on any atom is -0.484 e. The Balaban J connectivity index is 2.16. The molecule has 0 aliphatic carbocycles. The van der Waals surface area contributed by atoms with Gasteiger partial charge in [0.15, 0.2) is 6.61 Å². The molecule has 1 unspecified atom stereocenters. The van der Waals surface area contributed by atoms with Crippen LogP contribution in [0.15, 0.2) is 46.9 Å². The number of rotatable bonds is 8. The second-order valence-corrected chi connectivity index (χ2v) is 7.57. The molecule has 2 aromatic rings. The number of benzene rings is 2. The number of carbonyl (C=O) groups excluding carboxylic acids is 2. The molecule has 2 aromatic carbocycles. The first-order chi connectivity index (χ1) is 13.3. The number of nitrogens with zero attached hydrogens (tertiary/aromatic N) is 1. The van der Waals surface area contributed by atoms with E-state index in [9.17, 15) is 9.59 Å². The number of aryl methyl sites for hydroxylation is 2. The summed E-state index contributed by atoms with van der Waals surface area (Å²) in [5, 5.41) is 2.79. The Morgan fingerprint density at radius 3 is 2.50 bits per heavy atom. The highest BCUT2D eigenvalue weighted by molar-refractivity contribution is 9.10. The largest absolute Gasteiger partial charge is 0.484 e. The average molecular weight is 447 g/mol. The molecule has 1 atom stereocenters. The van der Waals surface area contributed by atoms with Gasteiger partial charge in [-0.2, -0.15) is 0 Å². The Labute approximate surface area is 175 Å². The highest BCUT2D eigenvalue weighted by atomic mass is 79.9. The Morgan fingerprint density at radius 2 is 1.86 bits per heavy atom. The van der Waals surface area contributed by atoms with Crippen molar-refractivity contribution in [3.63, 3.8) is 0 Å². The second-order valence-electron chi connectivity index (χ2n) is 6.72. The van der Waals surface area contributed by atoms with Gasteiger partial charge in [-0.3, -0.25) is 9.59 Å². The Kier molecular flexibility index (Phi) is 8.05. The summed E-state index contributed by atoms with van der Waals surface area (Å²) < 4.78 is 6.68. The molecule has 0 saturated carbocycles. The normalized spacial score (nSPS) is 11.6. The quantitative estimate of drug-likeness (QED) is 0.666. The number of carbonyl (C=O) groups is 2. The van der Waals surface area contributed by atoms with E-state index < -0.39 is 6.04 Å². The van der Waals surface area contributed by atoms with Gasteiger partial charge in [0.25, 0.3) is 5.91 Å². The van der Waals surface area contributed by atoms with E-state index in [1.54, 1.807) is 11.8 Å². The summed E-state index contributed by atoms with van der Waals surface area (Å²) >= 11 is 3.45. The van der Waals surface area contributed by atoms with Gasteiger partial charge in [0.1, 0.15) is 11.8 Å². The van der Waals surface area contributed by atoms with Crippen LogP contribution in [0.2, 0.25) is 0 Å². The molecule has 2 amide bonds. The predicted octanol–water partition coefficient (Wildman–Crippen LogP) is 4.00. The number of hydrogen-bond acceptors (Lipinski definition) is 3. The molecule has 28 heavy (non-hydrogen) atoms. The first-order valence-corrected chi connectivity index (χ1v) is 10.1. The van der Waals surface area contributed by atoms with Crippen LogP contribution in [0.5, 0.6) is 5.75 Å². The van der Waals surface area contributed by atoms with Gasteiger partial charge in [0.2, 0.25) is 5.91 Å². The molecule has 2 rings (SSSR count). The molecule has 0 heterocycles. The van der Waals surface area contributed by atoms with E-state index in [2.05, 4.69) is 21.2 Å². The molecule has 0 aliphatic rings. The third-order valence-electron chi connectivity index (χ3n) is 4.61. The Hall–Kier alpha value is -2.34. The highest BCUT2D eigenvalue weighted by Crippen LogP contribution is 2.22. The van der Waals surface area contributed by atoms with Gasteiger partial charge >= 0.3 is 0 Å². The first-order valence-electron chi connectivity index (χ1n) is 9.34. The summed E-state index contributed by atoms with van der Waals surface area (Å²) in [7, 11) is 0. The third-order valence-corrected chi connectivity index (χ3v) is 5.50. The van der Waals surface area contributed by atoms with Crippen LogP contribution in [0.25, 0.3) is 0 Å². The first kappa shape index (κ1) is 22.0. The minimum atomic E-state index is -0.595. The number of amides is 2. The SMILES string of the molecule is CCNC(=O)C(C)N(Cc1ccccc1C)C(=O)COc1ccc(Br)c(C)c1. The molecule has 5 nitrogen and oxygen atoms in total. The van der Waals surface area contributed by atoms with Crippen molar-refractivity contribution in [1.29, 1.82) is 0 Å². The van der Waals surface area contributed by atoms with E-state index in [0.29, 0.717) is 18.8 Å². The molecule has 0 radical (unpaired) electrons. The maximum Gasteiger partial charge on any atom is 0.261 e. The van der Waals surface area contributed by atoms with Gasteiger partial charge in [-0.25, -0.2) is 0 Å². The fourth-order valence-corrected chi connectivity index (χ4v) is 3.06. The summed E-state index contributed by atoms with van der Waals surface area (Å²) in [6.07, 6.45) is 0. The van der Waals surface area contributed by atoms with Gasteiger partial charge in [-0.1, -0.05) is 40.2 Å². The van der Waals surface area contributed by atoms with Crippen LogP contribution < -0.4 is 10.1 Å². The Bertz CT molecular complexity index is 838. The summed E-state index contributed by atoms with van der Waals surface area (Å²) in [6, 6.07) is 12.8. The predicted molar refractivity (Wildman–Crippen MR) is 114 cm³/mol. The van der Waals surface area contributed by atoms with Crippen molar-refractivity contribution >= 4 is 27.7 Å². The molecule has 0 fully saturated rings. The van der Waals surface area contributed by atoms with Crippen molar-refractivity contribution in [3.05, 3.63) is 63.6 Å². The lowest BCUT2D eigenvalue weighted by Crippen LogP contribution is -2.49. The Morgan fingerprint density at radius 1 is 1.14 bits per heavy atom. The summed E-state index contributed by atoms with van der Waals surface area (Å²) in [5.41, 5.74) is 3.11. The lowest BCUT2D eigenvalue weighted by molar-refractivity contribution is -0.142. The zero-order chi connectivity index (χ0) is 20.7. The topological polar surface area (TPSA) is 58.6 Å². The monoisotopic (exact) mass is 446 g/mol. The molecular weight excluding hydrogens is 420 g/mol. The molecule has 1 N–H and O–H groups in total. The number of halogens is 1. The van der Waals surface area contributed by atoms with E-state index in [1.807, 2.05) is 63.2 Å². The van der Waals surface area contributed by atoms with Crippen molar-refractivity contribution in [3.8, 4) is 5.75 Å². The van der Waals surface area contributed by atoms with Crippen LogP contribution >= 0.6 is 15.9 Å². The maximum absolute atomic E-state index is 12.9. The van der Waals surface area contributed by atoms with Gasteiger partial charge in [-0.15, -0.1) is 0 Å². The lowest BCUT2D eigenvalue weighted by Gasteiger charge is -2.29. The van der Waals surface area contributed by atoms with Crippen LogP contribution in [0.4, 0.5) is 0 Å². The number of ether oxygens (including phenoxy) is 1. The van der Waals surface area contributed by atoms with Crippen LogP contribution in [0.3, 0.4) is 0 Å². The number of likely N-dealkylation sites (N-methyl/N-ethyl adjacent to an activating group) is 1. The van der Waals surface area contributed by atoms with Crippen molar-refractivity contribution in [2.75, 3.05) is 13.2 Å². The van der Waals surface area contributed by atoms with Crippen LogP contribution in [0, 0.1) is 13.8 Å². The van der Waals surface area contributed by atoms with Gasteiger partial charge in [0, 0.05) is 17.6 Å². The van der Waals surface area contributed by atoms with E-state index >= 15 is 0 Å². The fraction of sp³-hybridized carbons (Fsp3) is 0.364. The average Bonchev–Trinajstić information content (AvgIpc) is 2.67. The van der Waals surface area contributed by atoms with Crippen molar-refractivity contribution in [2.45, 2.75) is 40.3 Å².